The van der Waals surface area contributed by atoms with Crippen molar-refractivity contribution in [1.29, 1.82) is 0 Å². The molecule has 96 valence electrons. The van der Waals surface area contributed by atoms with Crippen LogP contribution in [-0.2, 0) is 0 Å². The summed E-state index contributed by atoms with van der Waals surface area (Å²) in [5.41, 5.74) is 7.01. The average Bonchev–Trinajstić information content (AvgIpc) is 2.32. The second-order valence-corrected chi connectivity index (χ2v) is 5.06. The summed E-state index contributed by atoms with van der Waals surface area (Å²) >= 11 is 5.93. The smallest absolute Gasteiger partial charge is 0.120 e. The van der Waals surface area contributed by atoms with Crippen molar-refractivity contribution in [3.63, 3.8) is 0 Å². The molecular weight excluding hydrogens is 257 g/mol. The number of aromatic hydroxyl groups is 1. The highest BCUT2D eigenvalue weighted by atomic mass is 35.5. The monoisotopic (exact) mass is 275 g/mol. The predicted octanol–water partition coefficient (Wildman–Crippen LogP) is 4.05. The first-order valence-corrected chi connectivity index (χ1v) is 6.30. The highest BCUT2D eigenvalue weighted by Crippen LogP contribution is 2.36. The third-order valence-electron chi connectivity index (χ3n) is 3.51. The van der Waals surface area contributed by atoms with E-state index in [1.54, 1.807) is 18.2 Å². The van der Waals surface area contributed by atoms with E-state index in [9.17, 15) is 5.11 Å². The molecule has 1 saturated carbocycles. The number of nitrogens with two attached hydrogens (primary N) is 1. The van der Waals surface area contributed by atoms with E-state index >= 15 is 0 Å². The van der Waals surface area contributed by atoms with E-state index in [1.807, 2.05) is 0 Å². The number of halogens is 2. The summed E-state index contributed by atoms with van der Waals surface area (Å²) in [5.74, 6) is 0.751. The molecule has 0 aromatic heterocycles. The van der Waals surface area contributed by atoms with Crippen LogP contribution in [0.5, 0.6) is 5.75 Å². The lowest BCUT2D eigenvalue weighted by molar-refractivity contribution is 0.303. The Morgan fingerprint density at radius 2 is 1.88 bits per heavy atom. The first kappa shape index (κ1) is 14.6. The number of benzene rings is 1. The molecular formula is C13H19Cl2NO. The summed E-state index contributed by atoms with van der Waals surface area (Å²) in [4.78, 5) is 0. The molecule has 1 aliphatic carbocycles. The largest absolute Gasteiger partial charge is 0.508 e. The maximum Gasteiger partial charge on any atom is 0.120 e. The number of phenolic OH excluding ortho intramolecular Hbond substituents is 1. The molecule has 3 N–H and O–H groups in total. The lowest BCUT2D eigenvalue weighted by atomic mass is 9.81. The highest BCUT2D eigenvalue weighted by Gasteiger charge is 2.23. The summed E-state index contributed by atoms with van der Waals surface area (Å²) in [6.07, 6.45) is 6.13. The predicted molar refractivity (Wildman–Crippen MR) is 73.9 cm³/mol. The third kappa shape index (κ3) is 3.51. The van der Waals surface area contributed by atoms with E-state index in [-0.39, 0.29) is 24.2 Å². The molecule has 1 atom stereocenters. The Bertz CT molecular complexity index is 364. The molecule has 1 aromatic carbocycles. The third-order valence-corrected chi connectivity index (χ3v) is 3.74. The number of rotatable bonds is 2. The van der Waals surface area contributed by atoms with Crippen LogP contribution in [0.4, 0.5) is 0 Å². The maximum absolute atomic E-state index is 9.80. The fourth-order valence-electron chi connectivity index (χ4n) is 2.54. The molecule has 2 nitrogen and oxygen atoms in total. The Kier molecular flexibility index (Phi) is 5.57. The van der Waals surface area contributed by atoms with Crippen LogP contribution in [0.15, 0.2) is 18.2 Å². The van der Waals surface area contributed by atoms with Crippen molar-refractivity contribution < 1.29 is 5.11 Å². The van der Waals surface area contributed by atoms with Crippen LogP contribution in [0, 0.1) is 5.92 Å². The van der Waals surface area contributed by atoms with Gasteiger partial charge in [0.2, 0.25) is 0 Å². The van der Waals surface area contributed by atoms with Gasteiger partial charge in [0.1, 0.15) is 5.75 Å². The van der Waals surface area contributed by atoms with E-state index in [2.05, 4.69) is 0 Å². The molecule has 17 heavy (non-hydrogen) atoms. The fourth-order valence-corrected chi connectivity index (χ4v) is 2.72. The number of hydrogen-bond donors (Lipinski definition) is 2. The van der Waals surface area contributed by atoms with Crippen LogP contribution in [0.1, 0.15) is 43.7 Å². The molecule has 1 fully saturated rings. The molecule has 4 heteroatoms. The molecule has 0 bridgehead atoms. The molecule has 0 aliphatic heterocycles. The normalized spacial score (nSPS) is 18.5. The zero-order valence-corrected chi connectivity index (χ0v) is 11.3. The van der Waals surface area contributed by atoms with Gasteiger partial charge < -0.3 is 10.8 Å². The van der Waals surface area contributed by atoms with Crippen molar-refractivity contribution in [2.75, 3.05) is 0 Å². The van der Waals surface area contributed by atoms with Gasteiger partial charge in [-0.2, -0.15) is 0 Å². The Hall–Kier alpha value is -0.440. The minimum absolute atomic E-state index is 0. The van der Waals surface area contributed by atoms with Crippen molar-refractivity contribution in [3.05, 3.63) is 28.8 Å². The van der Waals surface area contributed by atoms with Crippen molar-refractivity contribution >= 4 is 24.0 Å². The Labute approximate surface area is 114 Å². The molecule has 1 aliphatic rings. The van der Waals surface area contributed by atoms with Gasteiger partial charge in [-0.1, -0.05) is 30.9 Å². The summed E-state index contributed by atoms with van der Waals surface area (Å²) in [6, 6.07) is 5.02. The van der Waals surface area contributed by atoms with Gasteiger partial charge >= 0.3 is 0 Å². The quantitative estimate of drug-likeness (QED) is 0.856. The van der Waals surface area contributed by atoms with Crippen molar-refractivity contribution in [3.8, 4) is 5.75 Å². The van der Waals surface area contributed by atoms with E-state index in [0.29, 0.717) is 10.9 Å². The lowest BCUT2D eigenvalue weighted by Crippen LogP contribution is -2.23. The Balaban J connectivity index is 0.00000144. The molecule has 0 spiro atoms. The average molecular weight is 276 g/mol. The van der Waals surface area contributed by atoms with E-state index in [1.165, 1.54) is 19.3 Å². The second kappa shape index (κ2) is 6.48. The first-order valence-electron chi connectivity index (χ1n) is 5.92. The lowest BCUT2D eigenvalue weighted by Gasteiger charge is -2.28. The summed E-state index contributed by atoms with van der Waals surface area (Å²) in [7, 11) is 0. The van der Waals surface area contributed by atoms with E-state index < -0.39 is 0 Å². The molecule has 0 amide bonds. The zero-order valence-electron chi connectivity index (χ0n) is 9.73. The van der Waals surface area contributed by atoms with Gasteiger partial charge in [-0.05, 0) is 37.0 Å². The maximum atomic E-state index is 9.80. The van der Waals surface area contributed by atoms with Crippen LogP contribution in [0.25, 0.3) is 0 Å². The van der Waals surface area contributed by atoms with Gasteiger partial charge in [0.15, 0.2) is 0 Å². The van der Waals surface area contributed by atoms with Crippen LogP contribution in [0.2, 0.25) is 5.02 Å². The van der Waals surface area contributed by atoms with Crippen molar-refractivity contribution in [2.45, 2.75) is 38.1 Å². The molecule has 0 radical (unpaired) electrons. The molecule has 0 heterocycles. The van der Waals surface area contributed by atoms with Crippen molar-refractivity contribution in [1.82, 2.24) is 0 Å². The van der Waals surface area contributed by atoms with Gasteiger partial charge in [0, 0.05) is 16.6 Å². The molecule has 0 unspecified atom stereocenters. The number of hydrogen-bond acceptors (Lipinski definition) is 2. The minimum atomic E-state index is -0.0843. The van der Waals surface area contributed by atoms with Gasteiger partial charge in [0.25, 0.3) is 0 Å². The molecule has 1 aromatic rings. The second-order valence-electron chi connectivity index (χ2n) is 4.63. The van der Waals surface area contributed by atoms with Gasteiger partial charge in [-0.15, -0.1) is 12.4 Å². The van der Waals surface area contributed by atoms with Crippen LogP contribution in [0.3, 0.4) is 0 Å². The first-order chi connectivity index (χ1) is 7.68. The molecule has 0 saturated heterocycles. The van der Waals surface area contributed by atoms with Gasteiger partial charge in [0.05, 0.1) is 0 Å². The topological polar surface area (TPSA) is 46.2 Å². The number of phenols is 1. The zero-order chi connectivity index (χ0) is 11.5. The van der Waals surface area contributed by atoms with Crippen molar-refractivity contribution in [2.24, 2.45) is 11.7 Å². The van der Waals surface area contributed by atoms with Gasteiger partial charge in [-0.3, -0.25) is 0 Å². The van der Waals surface area contributed by atoms with Crippen LogP contribution >= 0.6 is 24.0 Å². The SMILES string of the molecule is Cl.N[C@@H](c1cc(Cl)ccc1O)C1CCCCC1. The van der Waals surface area contributed by atoms with Gasteiger partial charge in [-0.25, -0.2) is 0 Å². The summed E-state index contributed by atoms with van der Waals surface area (Å²) < 4.78 is 0. The molecule has 2 rings (SSSR count). The van der Waals surface area contributed by atoms with Crippen LogP contribution < -0.4 is 5.73 Å². The Morgan fingerprint density at radius 3 is 2.53 bits per heavy atom. The van der Waals surface area contributed by atoms with Crippen LogP contribution in [-0.4, -0.2) is 5.11 Å². The highest BCUT2D eigenvalue weighted by molar-refractivity contribution is 6.30. The summed E-state index contributed by atoms with van der Waals surface area (Å²) in [5, 5.41) is 10.4. The summed E-state index contributed by atoms with van der Waals surface area (Å²) in [6.45, 7) is 0. The Morgan fingerprint density at radius 1 is 1.24 bits per heavy atom. The fraction of sp³-hybridized carbons (Fsp3) is 0.538. The van der Waals surface area contributed by atoms with E-state index in [4.69, 9.17) is 17.3 Å². The minimum Gasteiger partial charge on any atom is -0.508 e. The van der Waals surface area contributed by atoms with E-state index in [0.717, 1.165) is 18.4 Å². The standard InChI is InChI=1S/C13H18ClNO.ClH/c14-10-6-7-12(16)11(8-10)13(15)9-4-2-1-3-5-9;/h6-9,13,16H,1-5,15H2;1H/t13-;/m1./s1.